The largest absolute Gasteiger partial charge is 0.496 e. The molecule has 2 atom stereocenters. The normalized spacial score (nSPS) is 22.4. The van der Waals surface area contributed by atoms with E-state index in [0.29, 0.717) is 5.56 Å². The van der Waals surface area contributed by atoms with Gasteiger partial charge in [-0.15, -0.1) is 0 Å². The van der Waals surface area contributed by atoms with E-state index in [2.05, 4.69) is 5.32 Å². The number of nitrogens with one attached hydrogen (secondary N) is 1. The van der Waals surface area contributed by atoms with Crippen LogP contribution in [-0.4, -0.2) is 30.8 Å². The van der Waals surface area contributed by atoms with Gasteiger partial charge < -0.3 is 15.2 Å². The molecule has 1 saturated carbocycles. The summed E-state index contributed by atoms with van der Waals surface area (Å²) in [7, 11) is 1.61. The second-order valence-electron chi connectivity index (χ2n) is 5.85. The summed E-state index contributed by atoms with van der Waals surface area (Å²) in [5.74, 6) is 0.810. The van der Waals surface area contributed by atoms with Crippen LogP contribution in [0.25, 0.3) is 0 Å². The topological polar surface area (TPSA) is 58.6 Å². The Labute approximate surface area is 126 Å². The molecule has 0 bridgehead atoms. The zero-order valence-electron chi connectivity index (χ0n) is 12.9. The van der Waals surface area contributed by atoms with Crippen LogP contribution in [0.5, 0.6) is 5.75 Å². The minimum Gasteiger partial charge on any atom is -0.496 e. The third-order valence-corrected chi connectivity index (χ3v) is 4.38. The van der Waals surface area contributed by atoms with E-state index in [1.165, 1.54) is 6.42 Å². The van der Waals surface area contributed by atoms with Crippen LogP contribution in [0.3, 0.4) is 0 Å². The van der Waals surface area contributed by atoms with Crippen molar-refractivity contribution < 1.29 is 14.6 Å². The van der Waals surface area contributed by atoms with Crippen molar-refractivity contribution in [1.29, 1.82) is 0 Å². The molecule has 2 unspecified atom stereocenters. The molecule has 0 heterocycles. The lowest BCUT2D eigenvalue weighted by Crippen LogP contribution is -2.41. The highest BCUT2D eigenvalue weighted by Gasteiger charge is 2.25. The smallest absolute Gasteiger partial charge is 0.251 e. The van der Waals surface area contributed by atoms with E-state index in [-0.39, 0.29) is 24.5 Å². The van der Waals surface area contributed by atoms with Gasteiger partial charge in [-0.05, 0) is 37.5 Å². The first-order valence-electron chi connectivity index (χ1n) is 7.72. The van der Waals surface area contributed by atoms with Crippen molar-refractivity contribution in [3.63, 3.8) is 0 Å². The number of aryl methyl sites for hydroxylation is 1. The van der Waals surface area contributed by atoms with Crippen molar-refractivity contribution in [1.82, 2.24) is 5.32 Å². The second kappa shape index (κ2) is 7.46. The predicted molar refractivity (Wildman–Crippen MR) is 82.6 cm³/mol. The van der Waals surface area contributed by atoms with E-state index >= 15 is 0 Å². The van der Waals surface area contributed by atoms with Crippen LogP contribution in [0.2, 0.25) is 0 Å². The van der Waals surface area contributed by atoms with Gasteiger partial charge in [-0.1, -0.05) is 25.3 Å². The van der Waals surface area contributed by atoms with Crippen LogP contribution in [0.4, 0.5) is 0 Å². The van der Waals surface area contributed by atoms with Gasteiger partial charge in [0.05, 0.1) is 7.11 Å². The third kappa shape index (κ3) is 3.97. The maximum Gasteiger partial charge on any atom is 0.251 e. The van der Waals surface area contributed by atoms with Crippen LogP contribution >= 0.6 is 0 Å². The summed E-state index contributed by atoms with van der Waals surface area (Å²) in [6.07, 6.45) is 5.36. The van der Waals surface area contributed by atoms with Crippen LogP contribution in [0, 0.1) is 12.8 Å². The van der Waals surface area contributed by atoms with Crippen molar-refractivity contribution in [3.05, 3.63) is 29.3 Å². The summed E-state index contributed by atoms with van der Waals surface area (Å²) in [5.41, 5.74) is 1.62. The molecule has 0 radical (unpaired) electrons. The fourth-order valence-corrected chi connectivity index (χ4v) is 3.01. The molecule has 0 saturated heterocycles. The number of hydrogen-bond acceptors (Lipinski definition) is 3. The molecule has 1 aromatic carbocycles. The van der Waals surface area contributed by atoms with Crippen molar-refractivity contribution in [2.75, 3.05) is 13.7 Å². The molecule has 2 N–H and O–H groups in total. The Morgan fingerprint density at radius 2 is 2.10 bits per heavy atom. The first kappa shape index (κ1) is 15.8. The molecule has 116 valence electrons. The molecule has 0 aliphatic heterocycles. The lowest BCUT2D eigenvalue weighted by atomic mass is 9.95. The van der Waals surface area contributed by atoms with Crippen molar-refractivity contribution >= 4 is 5.91 Å². The van der Waals surface area contributed by atoms with E-state index in [1.807, 2.05) is 19.1 Å². The molecule has 1 fully saturated rings. The number of carbonyl (C=O) groups excluding carboxylic acids is 1. The summed E-state index contributed by atoms with van der Waals surface area (Å²) in [4.78, 5) is 12.4. The van der Waals surface area contributed by atoms with E-state index in [9.17, 15) is 9.90 Å². The lowest BCUT2D eigenvalue weighted by molar-refractivity contribution is 0.0899. The molecular weight excluding hydrogens is 266 g/mol. The number of benzene rings is 1. The minimum atomic E-state index is -0.0846. The molecule has 0 aromatic heterocycles. The summed E-state index contributed by atoms with van der Waals surface area (Å²) < 4.78 is 5.27. The molecule has 1 aliphatic carbocycles. The lowest BCUT2D eigenvalue weighted by Gasteiger charge is -2.24. The number of aliphatic hydroxyl groups excluding tert-OH is 1. The number of amides is 1. The van der Waals surface area contributed by atoms with Crippen molar-refractivity contribution in [2.45, 2.75) is 45.1 Å². The first-order chi connectivity index (χ1) is 10.2. The van der Waals surface area contributed by atoms with Crippen molar-refractivity contribution in [3.8, 4) is 5.75 Å². The highest BCUT2D eigenvalue weighted by Crippen LogP contribution is 2.24. The monoisotopic (exact) mass is 291 g/mol. The average molecular weight is 291 g/mol. The number of carbonyl (C=O) groups is 1. The third-order valence-electron chi connectivity index (χ3n) is 4.38. The number of aliphatic hydroxyl groups is 1. The molecule has 1 aliphatic rings. The van der Waals surface area contributed by atoms with Crippen molar-refractivity contribution in [2.24, 2.45) is 5.92 Å². The Bertz CT molecular complexity index is 487. The predicted octanol–water partition coefficient (Wildman–Crippen LogP) is 2.67. The SMILES string of the molecule is COc1cc(C(=O)NC2CCCCCC2CO)ccc1C. The molecule has 0 spiro atoms. The van der Waals surface area contributed by atoms with E-state index < -0.39 is 0 Å². The van der Waals surface area contributed by atoms with Gasteiger partial charge in [-0.25, -0.2) is 0 Å². The van der Waals surface area contributed by atoms with Gasteiger partial charge in [0, 0.05) is 24.1 Å². The van der Waals surface area contributed by atoms with Gasteiger partial charge in [0.1, 0.15) is 5.75 Å². The van der Waals surface area contributed by atoms with Gasteiger partial charge in [0.15, 0.2) is 0 Å². The standard InChI is InChI=1S/C17H25NO3/c1-12-8-9-13(10-16(12)21-2)17(20)18-15-7-5-3-4-6-14(15)11-19/h8-10,14-15,19H,3-7,11H2,1-2H3,(H,18,20). The van der Waals surface area contributed by atoms with Crippen LogP contribution in [-0.2, 0) is 0 Å². The van der Waals surface area contributed by atoms with E-state index in [0.717, 1.165) is 37.0 Å². The Balaban J connectivity index is 2.08. The first-order valence-corrected chi connectivity index (χ1v) is 7.72. The fourth-order valence-electron chi connectivity index (χ4n) is 3.01. The fraction of sp³-hybridized carbons (Fsp3) is 0.588. The van der Waals surface area contributed by atoms with E-state index in [4.69, 9.17) is 4.74 Å². The molecule has 4 heteroatoms. The van der Waals surface area contributed by atoms with Gasteiger partial charge in [0.2, 0.25) is 0 Å². The van der Waals surface area contributed by atoms with Gasteiger partial charge in [-0.2, -0.15) is 0 Å². The number of hydrogen-bond donors (Lipinski definition) is 2. The quantitative estimate of drug-likeness (QED) is 0.839. The van der Waals surface area contributed by atoms with Crippen LogP contribution in [0.15, 0.2) is 18.2 Å². The summed E-state index contributed by atoms with van der Waals surface area (Å²) in [6, 6.07) is 5.55. The molecule has 4 nitrogen and oxygen atoms in total. The Morgan fingerprint density at radius 3 is 2.81 bits per heavy atom. The Morgan fingerprint density at radius 1 is 1.33 bits per heavy atom. The number of rotatable bonds is 4. The Kier molecular flexibility index (Phi) is 5.62. The van der Waals surface area contributed by atoms with Gasteiger partial charge in [-0.3, -0.25) is 4.79 Å². The summed E-state index contributed by atoms with van der Waals surface area (Å²) in [5, 5.41) is 12.6. The van der Waals surface area contributed by atoms with Crippen LogP contribution in [0.1, 0.15) is 48.0 Å². The maximum absolute atomic E-state index is 12.4. The minimum absolute atomic E-state index is 0.0669. The second-order valence-corrected chi connectivity index (χ2v) is 5.85. The highest BCUT2D eigenvalue weighted by molar-refractivity contribution is 5.94. The van der Waals surface area contributed by atoms with Gasteiger partial charge in [0.25, 0.3) is 5.91 Å². The molecular formula is C17H25NO3. The van der Waals surface area contributed by atoms with Gasteiger partial charge >= 0.3 is 0 Å². The average Bonchev–Trinajstić information content (AvgIpc) is 2.72. The van der Waals surface area contributed by atoms with Crippen LogP contribution < -0.4 is 10.1 Å². The molecule has 1 amide bonds. The molecule has 1 aromatic rings. The molecule has 21 heavy (non-hydrogen) atoms. The highest BCUT2D eigenvalue weighted by atomic mass is 16.5. The summed E-state index contributed by atoms with van der Waals surface area (Å²) >= 11 is 0. The number of ether oxygens (including phenoxy) is 1. The zero-order chi connectivity index (χ0) is 15.2. The number of methoxy groups -OCH3 is 1. The summed E-state index contributed by atoms with van der Waals surface area (Å²) in [6.45, 7) is 2.09. The van der Waals surface area contributed by atoms with E-state index in [1.54, 1.807) is 13.2 Å². The Hall–Kier alpha value is -1.55. The molecule has 2 rings (SSSR count). The maximum atomic E-state index is 12.4. The zero-order valence-corrected chi connectivity index (χ0v) is 12.9.